The fraction of sp³-hybridized carbons (Fsp3) is 0.308. The van der Waals surface area contributed by atoms with Crippen LogP contribution in [0.3, 0.4) is 0 Å². The third kappa shape index (κ3) is 2.66. The van der Waals surface area contributed by atoms with Crippen LogP contribution in [-0.4, -0.2) is 12.7 Å². The van der Waals surface area contributed by atoms with E-state index in [0.29, 0.717) is 13.0 Å². The molecule has 1 atom stereocenters. The van der Waals surface area contributed by atoms with Gasteiger partial charge in [0.2, 0.25) is 6.08 Å². The van der Waals surface area contributed by atoms with Crippen molar-refractivity contribution in [3.8, 4) is 0 Å². The number of isocyanates is 1. The molecule has 1 aromatic rings. The van der Waals surface area contributed by atoms with Crippen LogP contribution in [0.25, 0.3) is 0 Å². The van der Waals surface area contributed by atoms with Crippen LogP contribution in [0.5, 0.6) is 0 Å². The molecule has 16 heavy (non-hydrogen) atoms. The minimum atomic E-state index is -0.973. The van der Waals surface area contributed by atoms with Gasteiger partial charge in [0.1, 0.15) is 0 Å². The number of ether oxygens (including phenoxy) is 1. The topological polar surface area (TPSA) is 38.7 Å². The molecule has 1 unspecified atom stereocenters. The van der Waals surface area contributed by atoms with Crippen molar-refractivity contribution in [2.24, 2.45) is 4.99 Å². The number of benzene rings is 1. The minimum Gasteiger partial charge on any atom is -0.349 e. The zero-order chi connectivity index (χ0) is 11.9. The van der Waals surface area contributed by atoms with Crippen LogP contribution in [0.1, 0.15) is 18.9 Å². The minimum absolute atomic E-state index is 0.445. The maximum Gasteiger partial charge on any atom is 0.238 e. The number of hydrogen-bond donors (Lipinski definition) is 0. The average Bonchev–Trinajstić information content (AvgIpc) is 2.31. The fourth-order valence-electron chi connectivity index (χ4n) is 1.61. The summed E-state index contributed by atoms with van der Waals surface area (Å²) in [7, 11) is 0. The summed E-state index contributed by atoms with van der Waals surface area (Å²) in [6.07, 6.45) is 3.71. The molecule has 0 fully saturated rings. The Labute approximate surface area is 95.5 Å². The molecule has 0 bridgehead atoms. The highest BCUT2D eigenvalue weighted by Crippen LogP contribution is 2.31. The normalized spacial score (nSPS) is 13.6. The molecule has 3 heteroatoms. The molecule has 0 saturated carbocycles. The molecule has 0 N–H and O–H groups in total. The second-order valence-corrected chi connectivity index (χ2v) is 3.28. The summed E-state index contributed by atoms with van der Waals surface area (Å²) < 4.78 is 5.60. The molecule has 0 amide bonds. The number of aliphatic imine (C=N–C) groups is 1. The molecule has 0 aliphatic rings. The van der Waals surface area contributed by atoms with E-state index >= 15 is 0 Å². The van der Waals surface area contributed by atoms with Crippen molar-refractivity contribution in [3.05, 3.63) is 48.6 Å². The maximum absolute atomic E-state index is 10.5. The van der Waals surface area contributed by atoms with Crippen LogP contribution in [0.15, 0.2) is 48.0 Å². The maximum atomic E-state index is 10.5. The van der Waals surface area contributed by atoms with Gasteiger partial charge in [0, 0.05) is 18.6 Å². The van der Waals surface area contributed by atoms with Gasteiger partial charge in [-0.2, -0.15) is 4.99 Å². The molecule has 0 aromatic heterocycles. The lowest BCUT2D eigenvalue weighted by Gasteiger charge is -2.27. The van der Waals surface area contributed by atoms with Crippen molar-refractivity contribution in [2.75, 3.05) is 6.61 Å². The van der Waals surface area contributed by atoms with Crippen molar-refractivity contribution in [3.63, 3.8) is 0 Å². The summed E-state index contributed by atoms with van der Waals surface area (Å²) in [6.45, 7) is 5.99. The summed E-state index contributed by atoms with van der Waals surface area (Å²) >= 11 is 0. The summed E-state index contributed by atoms with van der Waals surface area (Å²) in [6, 6.07) is 9.41. The van der Waals surface area contributed by atoms with Gasteiger partial charge in [0.05, 0.1) is 0 Å². The molecule has 0 saturated heterocycles. The Morgan fingerprint density at radius 3 is 2.69 bits per heavy atom. The van der Waals surface area contributed by atoms with Crippen molar-refractivity contribution < 1.29 is 9.53 Å². The van der Waals surface area contributed by atoms with Crippen molar-refractivity contribution in [1.29, 1.82) is 0 Å². The van der Waals surface area contributed by atoms with Gasteiger partial charge in [-0.15, -0.1) is 6.58 Å². The molecule has 84 valence electrons. The molecule has 0 heterocycles. The van der Waals surface area contributed by atoms with Crippen LogP contribution in [-0.2, 0) is 15.3 Å². The van der Waals surface area contributed by atoms with Gasteiger partial charge in [-0.05, 0) is 6.92 Å². The van der Waals surface area contributed by atoms with Gasteiger partial charge in [0.15, 0.2) is 5.72 Å². The van der Waals surface area contributed by atoms with Gasteiger partial charge < -0.3 is 4.74 Å². The Bertz CT molecular complexity index is 382. The van der Waals surface area contributed by atoms with Gasteiger partial charge in [-0.25, -0.2) is 4.79 Å². The quantitative estimate of drug-likeness (QED) is 0.417. The van der Waals surface area contributed by atoms with Crippen LogP contribution in [0.4, 0.5) is 0 Å². The van der Waals surface area contributed by atoms with Gasteiger partial charge in [-0.1, -0.05) is 36.4 Å². The van der Waals surface area contributed by atoms with E-state index in [1.807, 2.05) is 37.3 Å². The first-order chi connectivity index (χ1) is 7.79. The summed E-state index contributed by atoms with van der Waals surface area (Å²) in [5.41, 5.74) is -0.139. The summed E-state index contributed by atoms with van der Waals surface area (Å²) in [5, 5.41) is 0. The zero-order valence-electron chi connectivity index (χ0n) is 9.35. The predicted molar refractivity (Wildman–Crippen MR) is 62.7 cm³/mol. The first-order valence-corrected chi connectivity index (χ1v) is 5.18. The van der Waals surface area contributed by atoms with Crippen molar-refractivity contribution in [1.82, 2.24) is 0 Å². The Hall–Kier alpha value is -1.70. The number of hydrogen-bond acceptors (Lipinski definition) is 3. The lowest BCUT2D eigenvalue weighted by atomic mass is 10.00. The predicted octanol–water partition coefficient (Wildman–Crippen LogP) is 2.79. The SMILES string of the molecule is C=CCC(N=C=O)(OCC)c1ccccc1. The number of rotatable bonds is 6. The van der Waals surface area contributed by atoms with Crippen molar-refractivity contribution >= 4 is 6.08 Å². The smallest absolute Gasteiger partial charge is 0.238 e. The Morgan fingerprint density at radius 1 is 1.50 bits per heavy atom. The van der Waals surface area contributed by atoms with Gasteiger partial charge >= 0.3 is 0 Å². The van der Waals surface area contributed by atoms with Gasteiger partial charge in [0.25, 0.3) is 0 Å². The zero-order valence-corrected chi connectivity index (χ0v) is 9.35. The van der Waals surface area contributed by atoms with Crippen molar-refractivity contribution in [2.45, 2.75) is 19.1 Å². The van der Waals surface area contributed by atoms with E-state index in [-0.39, 0.29) is 0 Å². The Morgan fingerprint density at radius 2 is 2.19 bits per heavy atom. The lowest BCUT2D eigenvalue weighted by molar-refractivity contribution is -0.0350. The van der Waals surface area contributed by atoms with E-state index in [0.717, 1.165) is 5.56 Å². The van der Waals surface area contributed by atoms with E-state index in [9.17, 15) is 4.79 Å². The molecule has 0 aliphatic heterocycles. The van der Waals surface area contributed by atoms with Crippen LogP contribution in [0.2, 0.25) is 0 Å². The first kappa shape index (κ1) is 12.4. The monoisotopic (exact) mass is 217 g/mol. The van der Waals surface area contributed by atoms with E-state index in [1.54, 1.807) is 12.2 Å². The van der Waals surface area contributed by atoms with Crippen LogP contribution in [0, 0.1) is 0 Å². The molecule has 0 spiro atoms. The summed E-state index contributed by atoms with van der Waals surface area (Å²) in [5.74, 6) is 0. The van der Waals surface area contributed by atoms with Crippen LogP contribution < -0.4 is 0 Å². The standard InChI is InChI=1S/C13H15NO2/c1-3-10-13(14-11-15,16-4-2)12-8-6-5-7-9-12/h3,5-9H,1,4,10H2,2H3. The molecule has 0 radical (unpaired) electrons. The average molecular weight is 217 g/mol. The number of carbonyl (C=O) groups excluding carboxylic acids is 1. The molecular formula is C13H15NO2. The molecule has 1 rings (SSSR count). The number of nitrogens with zero attached hydrogens (tertiary/aromatic N) is 1. The second kappa shape index (κ2) is 6.01. The molecule has 0 aliphatic carbocycles. The Balaban J connectivity index is 3.19. The van der Waals surface area contributed by atoms with Crippen LogP contribution >= 0.6 is 0 Å². The third-order valence-electron chi connectivity index (χ3n) is 2.26. The molecular weight excluding hydrogens is 202 g/mol. The van der Waals surface area contributed by atoms with E-state index < -0.39 is 5.72 Å². The molecule has 1 aromatic carbocycles. The fourth-order valence-corrected chi connectivity index (χ4v) is 1.61. The second-order valence-electron chi connectivity index (χ2n) is 3.28. The summed E-state index contributed by atoms with van der Waals surface area (Å²) in [4.78, 5) is 14.3. The highest BCUT2D eigenvalue weighted by Gasteiger charge is 2.31. The highest BCUT2D eigenvalue weighted by molar-refractivity contribution is 5.37. The van der Waals surface area contributed by atoms with E-state index in [2.05, 4.69) is 11.6 Å². The van der Waals surface area contributed by atoms with E-state index in [1.165, 1.54) is 0 Å². The highest BCUT2D eigenvalue weighted by atomic mass is 16.5. The third-order valence-corrected chi connectivity index (χ3v) is 2.26. The first-order valence-electron chi connectivity index (χ1n) is 5.18. The van der Waals surface area contributed by atoms with E-state index in [4.69, 9.17) is 4.74 Å². The van der Waals surface area contributed by atoms with Gasteiger partial charge in [-0.3, -0.25) is 0 Å². The Kier molecular flexibility index (Phi) is 4.65. The largest absolute Gasteiger partial charge is 0.349 e. The lowest BCUT2D eigenvalue weighted by Crippen LogP contribution is -2.26. The molecule has 3 nitrogen and oxygen atoms in total.